The number of benzene rings is 1. The zero-order chi connectivity index (χ0) is 13.2. The summed E-state index contributed by atoms with van der Waals surface area (Å²) in [5.41, 5.74) is 1.79. The molecule has 2 aliphatic carbocycles. The Morgan fingerprint density at radius 1 is 1.26 bits per heavy atom. The lowest BCUT2D eigenvalue weighted by Crippen LogP contribution is -2.03. The van der Waals surface area contributed by atoms with Crippen molar-refractivity contribution in [3.63, 3.8) is 0 Å². The Morgan fingerprint density at radius 3 is 2.74 bits per heavy atom. The molecule has 0 spiro atoms. The average Bonchev–Trinajstić information content (AvgIpc) is 3.26. The van der Waals surface area contributed by atoms with Crippen LogP contribution in [0.15, 0.2) is 24.3 Å². The van der Waals surface area contributed by atoms with E-state index >= 15 is 0 Å². The van der Waals surface area contributed by atoms with Crippen LogP contribution in [0.1, 0.15) is 36.8 Å². The van der Waals surface area contributed by atoms with Gasteiger partial charge >= 0.3 is 0 Å². The Labute approximate surface area is 114 Å². The van der Waals surface area contributed by atoms with Crippen LogP contribution in [0.25, 0.3) is 0 Å². The molecule has 0 bridgehead atoms. The van der Waals surface area contributed by atoms with Crippen molar-refractivity contribution in [3.8, 4) is 5.75 Å². The van der Waals surface area contributed by atoms with Crippen LogP contribution in [-0.2, 0) is 6.42 Å². The summed E-state index contributed by atoms with van der Waals surface area (Å²) in [5.74, 6) is 1.67. The van der Waals surface area contributed by atoms with Gasteiger partial charge in [0.15, 0.2) is 11.6 Å². The number of ether oxygens (including phenoxy) is 1. The molecule has 2 aliphatic rings. The number of halogens is 1. The molecule has 0 radical (unpaired) electrons. The molecule has 0 unspecified atom stereocenters. The maximum absolute atomic E-state index is 14.2. The Morgan fingerprint density at radius 2 is 2.05 bits per heavy atom. The topological polar surface area (TPSA) is 9.23 Å². The first-order chi connectivity index (χ1) is 9.24. The molecule has 2 fully saturated rings. The fourth-order valence-corrected chi connectivity index (χ4v) is 2.20. The van der Waals surface area contributed by atoms with Gasteiger partial charge in [-0.1, -0.05) is 18.2 Å². The lowest BCUT2D eigenvalue weighted by molar-refractivity contribution is 0.284. The van der Waals surface area contributed by atoms with Gasteiger partial charge in [-0.2, -0.15) is 0 Å². The van der Waals surface area contributed by atoms with E-state index in [-0.39, 0.29) is 5.82 Å². The first-order valence-corrected chi connectivity index (χ1v) is 7.31. The van der Waals surface area contributed by atoms with Gasteiger partial charge in [0.1, 0.15) is 0 Å². The van der Waals surface area contributed by atoms with Gasteiger partial charge in [0.25, 0.3) is 0 Å². The predicted octanol–water partition coefficient (Wildman–Crippen LogP) is 4.43. The Balaban J connectivity index is 1.65. The van der Waals surface area contributed by atoms with Crippen molar-refractivity contribution >= 4 is 0 Å². The van der Waals surface area contributed by atoms with Gasteiger partial charge < -0.3 is 4.74 Å². The molecule has 0 aromatic heterocycles. The maximum atomic E-state index is 14.2. The molecule has 102 valence electrons. The second-order valence-corrected chi connectivity index (χ2v) is 5.89. The quantitative estimate of drug-likeness (QED) is 0.687. The monoisotopic (exact) mass is 260 g/mol. The molecule has 0 heterocycles. The van der Waals surface area contributed by atoms with Crippen molar-refractivity contribution in [2.24, 2.45) is 11.8 Å². The minimum atomic E-state index is -0.182. The fraction of sp³-hybridized carbons (Fsp3) is 0.529. The molecule has 19 heavy (non-hydrogen) atoms. The summed E-state index contributed by atoms with van der Waals surface area (Å²) in [6.07, 6.45) is 10.3. The summed E-state index contributed by atoms with van der Waals surface area (Å²) in [4.78, 5) is 0. The third-order valence-electron chi connectivity index (χ3n) is 4.00. The summed E-state index contributed by atoms with van der Waals surface area (Å²) >= 11 is 0. The number of hydrogen-bond acceptors (Lipinski definition) is 1. The molecule has 0 aliphatic heterocycles. The van der Waals surface area contributed by atoms with Crippen LogP contribution in [-0.4, -0.2) is 6.61 Å². The predicted molar refractivity (Wildman–Crippen MR) is 74.9 cm³/mol. The van der Waals surface area contributed by atoms with Gasteiger partial charge in [-0.25, -0.2) is 4.39 Å². The Bertz CT molecular complexity index is 484. The van der Waals surface area contributed by atoms with Gasteiger partial charge in [-0.3, -0.25) is 0 Å². The molecular formula is C17H21FO. The van der Waals surface area contributed by atoms with E-state index in [0.29, 0.717) is 18.3 Å². The third-order valence-corrected chi connectivity index (χ3v) is 4.00. The van der Waals surface area contributed by atoms with E-state index < -0.39 is 0 Å². The zero-order valence-electron chi connectivity index (χ0n) is 11.5. The highest BCUT2D eigenvalue weighted by Crippen LogP contribution is 2.32. The molecule has 2 saturated carbocycles. The first-order valence-electron chi connectivity index (χ1n) is 7.31. The maximum Gasteiger partial charge on any atom is 0.168 e. The van der Waals surface area contributed by atoms with Gasteiger partial charge in [-0.05, 0) is 68.1 Å². The highest BCUT2D eigenvalue weighted by Gasteiger charge is 2.23. The van der Waals surface area contributed by atoms with Gasteiger partial charge in [-0.15, -0.1) is 0 Å². The van der Waals surface area contributed by atoms with E-state index in [0.717, 1.165) is 23.5 Å². The summed E-state index contributed by atoms with van der Waals surface area (Å²) < 4.78 is 19.7. The number of rotatable bonds is 6. The van der Waals surface area contributed by atoms with Gasteiger partial charge in [0.05, 0.1) is 6.61 Å². The van der Waals surface area contributed by atoms with Crippen LogP contribution in [0, 0.1) is 24.6 Å². The first kappa shape index (κ1) is 12.7. The molecule has 0 N–H and O–H groups in total. The molecule has 0 amide bonds. The SMILES string of the molecule is Cc1c(C/C=C/C2CC2)ccc(OCC2CC2)c1F. The van der Waals surface area contributed by atoms with Crippen LogP contribution >= 0.6 is 0 Å². The van der Waals surface area contributed by atoms with Crippen molar-refractivity contribution in [1.82, 2.24) is 0 Å². The largest absolute Gasteiger partial charge is 0.490 e. The highest BCUT2D eigenvalue weighted by molar-refractivity contribution is 5.38. The molecule has 1 aromatic rings. The van der Waals surface area contributed by atoms with Crippen molar-refractivity contribution < 1.29 is 9.13 Å². The molecule has 1 aromatic carbocycles. The molecule has 3 rings (SSSR count). The third kappa shape index (κ3) is 3.37. The molecule has 2 heteroatoms. The normalized spacial score (nSPS) is 19.1. The Kier molecular flexibility index (Phi) is 3.58. The minimum absolute atomic E-state index is 0.182. The van der Waals surface area contributed by atoms with Crippen molar-refractivity contribution in [3.05, 3.63) is 41.2 Å². The van der Waals surface area contributed by atoms with Gasteiger partial charge in [0, 0.05) is 0 Å². The van der Waals surface area contributed by atoms with Crippen molar-refractivity contribution in [2.45, 2.75) is 39.0 Å². The molecule has 0 saturated heterocycles. The van der Waals surface area contributed by atoms with Crippen LogP contribution in [0.4, 0.5) is 4.39 Å². The fourth-order valence-electron chi connectivity index (χ4n) is 2.20. The lowest BCUT2D eigenvalue weighted by Gasteiger charge is -2.11. The second-order valence-electron chi connectivity index (χ2n) is 5.89. The average molecular weight is 260 g/mol. The van der Waals surface area contributed by atoms with Crippen molar-refractivity contribution in [2.75, 3.05) is 6.61 Å². The molecule has 1 nitrogen and oxygen atoms in total. The standard InChI is InChI=1S/C17H21FO/c1-12-15(4-2-3-13-5-6-13)9-10-16(17(12)18)19-11-14-7-8-14/h2-3,9-10,13-14H,4-8,11H2,1H3/b3-2+. The number of allylic oxidation sites excluding steroid dienone is 2. The van der Waals surface area contributed by atoms with E-state index in [1.807, 2.05) is 13.0 Å². The van der Waals surface area contributed by atoms with E-state index in [1.54, 1.807) is 6.07 Å². The van der Waals surface area contributed by atoms with Crippen LogP contribution in [0.5, 0.6) is 5.75 Å². The second kappa shape index (κ2) is 5.36. The van der Waals surface area contributed by atoms with E-state index in [4.69, 9.17) is 4.74 Å². The zero-order valence-corrected chi connectivity index (χ0v) is 11.5. The smallest absolute Gasteiger partial charge is 0.168 e. The summed E-state index contributed by atoms with van der Waals surface area (Å²) in [7, 11) is 0. The highest BCUT2D eigenvalue weighted by atomic mass is 19.1. The van der Waals surface area contributed by atoms with Crippen LogP contribution in [0.2, 0.25) is 0 Å². The molecular weight excluding hydrogens is 239 g/mol. The summed E-state index contributed by atoms with van der Waals surface area (Å²) in [5, 5.41) is 0. The van der Waals surface area contributed by atoms with E-state index in [2.05, 4.69) is 12.2 Å². The van der Waals surface area contributed by atoms with Gasteiger partial charge in [0.2, 0.25) is 0 Å². The molecule has 0 atom stereocenters. The van der Waals surface area contributed by atoms with E-state index in [1.165, 1.54) is 25.7 Å². The summed E-state index contributed by atoms with van der Waals surface area (Å²) in [6, 6.07) is 3.78. The Hall–Kier alpha value is -1.31. The lowest BCUT2D eigenvalue weighted by atomic mass is 10.0. The van der Waals surface area contributed by atoms with Crippen LogP contribution in [0.3, 0.4) is 0 Å². The summed E-state index contributed by atoms with van der Waals surface area (Å²) in [6.45, 7) is 2.51. The minimum Gasteiger partial charge on any atom is -0.490 e. The number of hydrogen-bond donors (Lipinski definition) is 0. The van der Waals surface area contributed by atoms with Crippen LogP contribution < -0.4 is 4.74 Å². The van der Waals surface area contributed by atoms with E-state index in [9.17, 15) is 4.39 Å². The van der Waals surface area contributed by atoms with Crippen molar-refractivity contribution in [1.29, 1.82) is 0 Å².